The normalized spacial score (nSPS) is 14.6. The average molecular weight is 510 g/mol. The largest absolute Gasteiger partial charge is 0.510 e. The number of nitrogens with one attached hydrogen (secondary N) is 2. The molecule has 0 radical (unpaired) electrons. The second-order valence-corrected chi connectivity index (χ2v) is 9.37. The molecule has 0 heterocycles. The van der Waals surface area contributed by atoms with Crippen molar-refractivity contribution in [1.82, 2.24) is 25.3 Å². The Morgan fingerprint density at radius 3 is 2.03 bits per heavy atom. The third-order valence-corrected chi connectivity index (χ3v) is 6.25. The van der Waals surface area contributed by atoms with Crippen molar-refractivity contribution in [2.24, 2.45) is 5.92 Å². The van der Waals surface area contributed by atoms with Crippen LogP contribution in [-0.2, 0) is 19.2 Å². The first-order chi connectivity index (χ1) is 16.8. The van der Waals surface area contributed by atoms with E-state index in [1.54, 1.807) is 27.9 Å². The highest BCUT2D eigenvalue weighted by atomic mass is 16.3. The first-order valence-electron chi connectivity index (χ1n) is 12.5. The zero-order chi connectivity index (χ0) is 28.2. The number of carbonyl (C=O) groups is 4. The number of allylic oxidation sites excluding steroid dienone is 3. The molecule has 10 heteroatoms. The Morgan fingerprint density at radius 2 is 1.58 bits per heavy atom. The van der Waals surface area contributed by atoms with Crippen LogP contribution in [0.4, 0.5) is 0 Å². The highest BCUT2D eigenvalue weighted by molar-refractivity contribution is 5.95. The van der Waals surface area contributed by atoms with Crippen LogP contribution in [0.5, 0.6) is 0 Å². The molecule has 0 saturated carbocycles. The van der Waals surface area contributed by atoms with Gasteiger partial charge in [-0.15, -0.1) is 0 Å². The van der Waals surface area contributed by atoms with Crippen LogP contribution in [-0.4, -0.2) is 103 Å². The molecule has 0 rings (SSSR count). The van der Waals surface area contributed by atoms with Crippen molar-refractivity contribution < 1.29 is 24.3 Å². The van der Waals surface area contributed by atoms with Gasteiger partial charge < -0.3 is 30.4 Å². The molecule has 0 aromatic heterocycles. The van der Waals surface area contributed by atoms with E-state index < -0.39 is 29.9 Å². The molecule has 3 N–H and O–H groups in total. The average Bonchev–Trinajstić information content (AvgIpc) is 2.84. The maximum atomic E-state index is 13.5. The van der Waals surface area contributed by atoms with Gasteiger partial charge in [0.1, 0.15) is 11.8 Å². The highest BCUT2D eigenvalue weighted by Gasteiger charge is 2.37. The standard InChI is InChI=1S/C26H47N5O5/c1-11-14-15-18(6)23(33)22(31(10)26(36)21(27-7)17(4)5)24(34)28-19(12-2)25(35)30(9)16-20(32)29(8)13-3/h11,14,17,19,21-22,27,33H,12-13,15-16H2,1-10H3,(H,28,34)/b14-11+,23-18-/t19-,21-,22?/m0/s1. The lowest BCUT2D eigenvalue weighted by molar-refractivity contribution is -0.144. The number of likely N-dealkylation sites (N-methyl/N-ethyl adjacent to an activating group) is 4. The van der Waals surface area contributed by atoms with E-state index in [-0.39, 0.29) is 36.5 Å². The van der Waals surface area contributed by atoms with Crippen LogP contribution in [0.2, 0.25) is 0 Å². The SMILES string of the molecule is C/C=C/C/C(C)=C(\O)C(C(=O)N[C@@H](CC)C(=O)N(C)CC(=O)N(C)CC)N(C)C(=O)[C@@H](NC)C(C)C. The minimum absolute atomic E-state index is 0.0543. The summed E-state index contributed by atoms with van der Waals surface area (Å²) in [6, 6.07) is -2.82. The van der Waals surface area contributed by atoms with Crippen molar-refractivity contribution in [2.75, 3.05) is 41.3 Å². The molecule has 36 heavy (non-hydrogen) atoms. The number of amides is 4. The third-order valence-electron chi connectivity index (χ3n) is 6.25. The number of carbonyl (C=O) groups excluding carboxylic acids is 4. The number of nitrogens with zero attached hydrogens (tertiary/aromatic N) is 3. The quantitative estimate of drug-likeness (QED) is 0.242. The molecule has 0 aromatic rings. The van der Waals surface area contributed by atoms with E-state index in [1.165, 1.54) is 28.8 Å². The van der Waals surface area contributed by atoms with Crippen LogP contribution in [0.1, 0.15) is 54.4 Å². The molecular formula is C26H47N5O5. The van der Waals surface area contributed by atoms with Crippen LogP contribution in [0, 0.1) is 5.92 Å². The number of rotatable bonds is 14. The van der Waals surface area contributed by atoms with Crippen LogP contribution in [0.15, 0.2) is 23.5 Å². The Kier molecular flexibility index (Phi) is 14.7. The number of hydrogen-bond acceptors (Lipinski definition) is 6. The smallest absolute Gasteiger partial charge is 0.251 e. The summed E-state index contributed by atoms with van der Waals surface area (Å²) >= 11 is 0. The Bertz CT molecular complexity index is 824. The van der Waals surface area contributed by atoms with Crippen molar-refractivity contribution in [3.63, 3.8) is 0 Å². The van der Waals surface area contributed by atoms with Gasteiger partial charge in [-0.1, -0.05) is 32.9 Å². The molecule has 0 bridgehead atoms. The van der Waals surface area contributed by atoms with Crippen molar-refractivity contribution in [3.05, 3.63) is 23.5 Å². The van der Waals surface area contributed by atoms with Gasteiger partial charge in [0.15, 0.2) is 6.04 Å². The van der Waals surface area contributed by atoms with E-state index >= 15 is 0 Å². The second-order valence-electron chi connectivity index (χ2n) is 9.37. The lowest BCUT2D eigenvalue weighted by atomic mass is 10.00. The molecule has 1 unspecified atom stereocenters. The van der Waals surface area contributed by atoms with Gasteiger partial charge in [-0.2, -0.15) is 0 Å². The van der Waals surface area contributed by atoms with E-state index in [0.717, 1.165) is 0 Å². The molecule has 0 aliphatic carbocycles. The maximum absolute atomic E-state index is 13.5. The van der Waals surface area contributed by atoms with E-state index in [1.807, 2.05) is 39.8 Å². The van der Waals surface area contributed by atoms with Crippen LogP contribution >= 0.6 is 0 Å². The lowest BCUT2D eigenvalue weighted by Gasteiger charge is -2.33. The van der Waals surface area contributed by atoms with Gasteiger partial charge in [0.05, 0.1) is 12.6 Å². The van der Waals surface area contributed by atoms with Gasteiger partial charge in [0.25, 0.3) is 5.91 Å². The van der Waals surface area contributed by atoms with Gasteiger partial charge in [-0.05, 0) is 52.2 Å². The van der Waals surface area contributed by atoms with Gasteiger partial charge >= 0.3 is 0 Å². The molecule has 3 atom stereocenters. The molecule has 0 fully saturated rings. The van der Waals surface area contributed by atoms with Gasteiger partial charge in [-0.25, -0.2) is 0 Å². The summed E-state index contributed by atoms with van der Waals surface area (Å²) in [6.07, 6.45) is 4.34. The Labute approximate surface area is 216 Å². The Balaban J connectivity index is 6.07. The van der Waals surface area contributed by atoms with E-state index in [2.05, 4.69) is 10.6 Å². The van der Waals surface area contributed by atoms with Gasteiger partial charge in [0, 0.05) is 27.7 Å². The summed E-state index contributed by atoms with van der Waals surface area (Å²) in [4.78, 5) is 56.0. The molecule has 0 aromatic carbocycles. The first kappa shape index (κ1) is 33.1. The fourth-order valence-corrected chi connectivity index (χ4v) is 3.64. The summed E-state index contributed by atoms with van der Waals surface area (Å²) in [5, 5.41) is 16.7. The van der Waals surface area contributed by atoms with E-state index in [9.17, 15) is 24.3 Å². The van der Waals surface area contributed by atoms with E-state index in [4.69, 9.17) is 0 Å². The second kappa shape index (κ2) is 16.0. The van der Waals surface area contributed by atoms with Crippen LogP contribution < -0.4 is 10.6 Å². The predicted molar refractivity (Wildman–Crippen MR) is 142 cm³/mol. The molecule has 0 saturated heterocycles. The number of aliphatic hydroxyl groups is 1. The minimum Gasteiger partial charge on any atom is -0.510 e. The van der Waals surface area contributed by atoms with Crippen molar-refractivity contribution in [2.45, 2.75) is 72.5 Å². The Morgan fingerprint density at radius 1 is 1.00 bits per heavy atom. The number of hydrogen-bond donors (Lipinski definition) is 3. The zero-order valence-electron chi connectivity index (χ0n) is 23.7. The molecule has 10 nitrogen and oxygen atoms in total. The Hall–Kier alpha value is -2.88. The zero-order valence-corrected chi connectivity index (χ0v) is 23.7. The van der Waals surface area contributed by atoms with Crippen LogP contribution in [0.3, 0.4) is 0 Å². The molecular weight excluding hydrogens is 462 g/mol. The van der Waals surface area contributed by atoms with E-state index in [0.29, 0.717) is 18.5 Å². The van der Waals surface area contributed by atoms with Crippen molar-refractivity contribution in [1.29, 1.82) is 0 Å². The topological polar surface area (TPSA) is 122 Å². The minimum atomic E-state index is -1.32. The number of aliphatic hydroxyl groups excluding tert-OH is 1. The molecule has 0 aliphatic rings. The maximum Gasteiger partial charge on any atom is 0.251 e. The molecule has 0 aliphatic heterocycles. The fourth-order valence-electron chi connectivity index (χ4n) is 3.64. The monoisotopic (exact) mass is 509 g/mol. The summed E-state index contributed by atoms with van der Waals surface area (Å²) in [6.45, 7) is 11.3. The van der Waals surface area contributed by atoms with Crippen molar-refractivity contribution >= 4 is 23.6 Å². The predicted octanol–water partition coefficient (Wildman–Crippen LogP) is 1.69. The summed E-state index contributed by atoms with van der Waals surface area (Å²) in [5.74, 6) is -1.97. The third kappa shape index (κ3) is 9.29. The van der Waals surface area contributed by atoms with Crippen molar-refractivity contribution in [3.8, 4) is 0 Å². The summed E-state index contributed by atoms with van der Waals surface area (Å²) < 4.78 is 0. The molecule has 4 amide bonds. The first-order valence-corrected chi connectivity index (χ1v) is 12.5. The highest BCUT2D eigenvalue weighted by Crippen LogP contribution is 2.18. The fraction of sp³-hybridized carbons (Fsp3) is 0.692. The molecule has 206 valence electrons. The molecule has 0 spiro atoms. The lowest BCUT2D eigenvalue weighted by Crippen LogP contribution is -2.58. The summed E-state index contributed by atoms with van der Waals surface area (Å²) in [7, 11) is 6.28. The van der Waals surface area contributed by atoms with Gasteiger partial charge in [-0.3, -0.25) is 19.2 Å². The van der Waals surface area contributed by atoms with Crippen LogP contribution in [0.25, 0.3) is 0 Å². The summed E-state index contributed by atoms with van der Waals surface area (Å²) in [5.41, 5.74) is 0.531. The van der Waals surface area contributed by atoms with Gasteiger partial charge in [0.2, 0.25) is 17.7 Å².